The van der Waals surface area contributed by atoms with Crippen LogP contribution in [0, 0.1) is 24.2 Å². The van der Waals surface area contributed by atoms with Gasteiger partial charge in [0.25, 0.3) is 0 Å². The molecule has 9 nitrogen and oxygen atoms in total. The first-order chi connectivity index (χ1) is 20.5. The topological polar surface area (TPSA) is 156 Å². The number of benzene rings is 2. The molecule has 0 saturated carbocycles. The Kier molecular flexibility index (Phi) is 9.72. The molecule has 1 aromatic heterocycles. The molecule has 43 heavy (non-hydrogen) atoms. The zero-order chi connectivity index (χ0) is 31.3. The van der Waals surface area contributed by atoms with E-state index in [1.54, 1.807) is 13.0 Å². The maximum Gasteiger partial charge on any atom is 0.248 e. The van der Waals surface area contributed by atoms with E-state index in [2.05, 4.69) is 73.0 Å². The van der Waals surface area contributed by atoms with Crippen molar-refractivity contribution in [2.24, 2.45) is 17.4 Å². The second-order valence-corrected chi connectivity index (χ2v) is 11.8. The standard InChI is InChI=1S/C34H43N7O2/c1-7-20(2)14-29(18-35)39-22(4)19-38-21(3)17-34(33-41-40-24(6)43-33)30-12-10-25(23(5)36)15-26(30)8-9-27-16-28(32(37)42)11-13-31(27)34/h10-13,15-16,20-21,29,38-39H,4-5,7-9,14,17,19,36H2,1-3,6H3,(H2,37,42)/t20-,21+,29?,34?/m0/s1. The van der Waals surface area contributed by atoms with Crippen LogP contribution in [0.4, 0.5) is 0 Å². The number of nitrogens with zero attached hydrogens (tertiary/aromatic N) is 3. The third-order valence-electron chi connectivity index (χ3n) is 8.49. The predicted molar refractivity (Wildman–Crippen MR) is 169 cm³/mol. The summed E-state index contributed by atoms with van der Waals surface area (Å²) >= 11 is 0. The second kappa shape index (κ2) is 13.3. The maximum absolute atomic E-state index is 12.2. The highest BCUT2D eigenvalue weighted by atomic mass is 16.4. The zero-order valence-corrected chi connectivity index (χ0v) is 25.7. The lowest BCUT2D eigenvalue weighted by Crippen LogP contribution is -2.41. The number of carbonyl (C=O) groups excluding carboxylic acids is 1. The number of hydrogen-bond donors (Lipinski definition) is 4. The van der Waals surface area contributed by atoms with Gasteiger partial charge in [0, 0.05) is 36.5 Å². The van der Waals surface area contributed by atoms with Crippen LogP contribution in [0.2, 0.25) is 0 Å². The Labute approximate surface area is 254 Å². The van der Waals surface area contributed by atoms with Gasteiger partial charge < -0.3 is 26.5 Å². The molecule has 1 aliphatic carbocycles. The van der Waals surface area contributed by atoms with E-state index in [0.29, 0.717) is 48.3 Å². The van der Waals surface area contributed by atoms with Gasteiger partial charge in [-0.15, -0.1) is 10.2 Å². The van der Waals surface area contributed by atoms with Gasteiger partial charge in [0.2, 0.25) is 17.7 Å². The third-order valence-corrected chi connectivity index (χ3v) is 8.49. The van der Waals surface area contributed by atoms with Crippen molar-refractivity contribution >= 4 is 11.6 Å². The van der Waals surface area contributed by atoms with Crippen molar-refractivity contribution in [2.75, 3.05) is 6.54 Å². The number of nitrogens with one attached hydrogen (secondary N) is 2. The summed E-state index contributed by atoms with van der Waals surface area (Å²) in [6.07, 6.45) is 3.75. The smallest absolute Gasteiger partial charge is 0.248 e. The Balaban J connectivity index is 1.76. The quantitative estimate of drug-likeness (QED) is 0.227. The van der Waals surface area contributed by atoms with Crippen LogP contribution in [0.1, 0.15) is 90.0 Å². The lowest BCUT2D eigenvalue weighted by atomic mass is 9.68. The molecule has 0 fully saturated rings. The Morgan fingerprint density at radius 3 is 2.26 bits per heavy atom. The summed E-state index contributed by atoms with van der Waals surface area (Å²) in [7, 11) is 0. The average molecular weight is 582 g/mol. The van der Waals surface area contributed by atoms with Crippen molar-refractivity contribution in [3.63, 3.8) is 0 Å². The highest BCUT2D eigenvalue weighted by molar-refractivity contribution is 5.93. The third kappa shape index (κ3) is 6.81. The molecule has 9 heteroatoms. The number of hydrogen-bond acceptors (Lipinski definition) is 8. The van der Waals surface area contributed by atoms with E-state index in [1.165, 1.54) is 0 Å². The van der Waals surface area contributed by atoms with E-state index in [1.807, 2.05) is 18.2 Å². The molecule has 2 unspecified atom stereocenters. The van der Waals surface area contributed by atoms with Crippen LogP contribution in [-0.2, 0) is 18.3 Å². The molecular weight excluding hydrogens is 538 g/mol. The monoisotopic (exact) mass is 581 g/mol. The van der Waals surface area contributed by atoms with Crippen molar-refractivity contribution in [2.45, 2.75) is 77.3 Å². The second-order valence-electron chi connectivity index (χ2n) is 11.8. The van der Waals surface area contributed by atoms with Crippen LogP contribution in [0.5, 0.6) is 0 Å². The molecule has 3 aromatic rings. The SMILES string of the molecule is C=C(CN[C@H](C)CC1(c2nnc(C)o2)c2ccc(C(=C)N)cc2CCc2cc(C(N)=O)ccc21)NC(C#N)C[C@@H](C)CC. The van der Waals surface area contributed by atoms with E-state index < -0.39 is 11.3 Å². The summed E-state index contributed by atoms with van der Waals surface area (Å²) in [5.74, 6) is 0.904. The fourth-order valence-electron chi connectivity index (χ4n) is 6.05. The predicted octanol–water partition coefficient (Wildman–Crippen LogP) is 4.64. The molecule has 0 aliphatic heterocycles. The van der Waals surface area contributed by atoms with Crippen molar-refractivity contribution in [1.82, 2.24) is 20.8 Å². The van der Waals surface area contributed by atoms with Gasteiger partial charge in [0.05, 0.1) is 6.07 Å². The average Bonchev–Trinajstić information content (AvgIpc) is 3.38. The Hall–Kier alpha value is -4.42. The molecule has 1 amide bonds. The summed E-state index contributed by atoms with van der Waals surface area (Å²) in [5, 5.41) is 25.4. The molecule has 0 bridgehead atoms. The van der Waals surface area contributed by atoms with Gasteiger partial charge in [0.1, 0.15) is 11.5 Å². The number of rotatable bonds is 13. The number of fused-ring (bicyclic) bond motifs is 2. The summed E-state index contributed by atoms with van der Waals surface area (Å²) in [6.45, 7) is 16.8. The van der Waals surface area contributed by atoms with Gasteiger partial charge >= 0.3 is 0 Å². The van der Waals surface area contributed by atoms with E-state index in [-0.39, 0.29) is 12.1 Å². The van der Waals surface area contributed by atoms with Crippen molar-refractivity contribution in [1.29, 1.82) is 5.26 Å². The van der Waals surface area contributed by atoms with Crippen LogP contribution in [0.3, 0.4) is 0 Å². The normalized spacial score (nSPS) is 17.8. The highest BCUT2D eigenvalue weighted by Gasteiger charge is 2.46. The van der Waals surface area contributed by atoms with Crippen molar-refractivity contribution in [3.8, 4) is 6.07 Å². The Morgan fingerprint density at radius 2 is 1.72 bits per heavy atom. The van der Waals surface area contributed by atoms with Crippen molar-refractivity contribution in [3.05, 3.63) is 100 Å². The van der Waals surface area contributed by atoms with Crippen LogP contribution in [0.15, 0.2) is 59.7 Å². The minimum absolute atomic E-state index is 0.0559. The van der Waals surface area contributed by atoms with Crippen molar-refractivity contribution < 1.29 is 9.21 Å². The molecule has 226 valence electrons. The van der Waals surface area contributed by atoms with E-state index in [0.717, 1.165) is 52.8 Å². The first-order valence-electron chi connectivity index (χ1n) is 14.9. The molecule has 4 rings (SSSR count). The number of primary amides is 1. The zero-order valence-electron chi connectivity index (χ0n) is 25.7. The molecule has 0 spiro atoms. The van der Waals surface area contributed by atoms with E-state index in [9.17, 15) is 10.1 Å². The van der Waals surface area contributed by atoms with Gasteiger partial charge in [0.15, 0.2) is 0 Å². The minimum atomic E-state index is -0.833. The molecule has 0 radical (unpaired) electrons. The van der Waals surface area contributed by atoms with Crippen LogP contribution in [0.25, 0.3) is 5.70 Å². The molecule has 0 saturated heterocycles. The summed E-state index contributed by atoms with van der Waals surface area (Å²) in [4.78, 5) is 12.2. The molecule has 2 aromatic carbocycles. The summed E-state index contributed by atoms with van der Waals surface area (Å²) in [6, 6.07) is 13.8. The fraction of sp³-hybridized carbons (Fsp3) is 0.412. The van der Waals surface area contributed by atoms with Gasteiger partial charge in [-0.1, -0.05) is 51.6 Å². The van der Waals surface area contributed by atoms with Crippen LogP contribution >= 0.6 is 0 Å². The molecular formula is C34H43N7O2. The Bertz CT molecular complexity index is 1480. The number of aromatic nitrogens is 2. The maximum atomic E-state index is 12.2. The lowest BCUT2D eigenvalue weighted by Gasteiger charge is -2.36. The molecule has 6 N–H and O–H groups in total. The fourth-order valence-corrected chi connectivity index (χ4v) is 6.05. The first-order valence-corrected chi connectivity index (χ1v) is 14.9. The number of nitrogens with two attached hydrogens (primary N) is 2. The van der Waals surface area contributed by atoms with Crippen LogP contribution < -0.4 is 22.1 Å². The van der Waals surface area contributed by atoms with E-state index in [4.69, 9.17) is 15.9 Å². The highest BCUT2D eigenvalue weighted by Crippen LogP contribution is 2.48. The van der Waals surface area contributed by atoms with Crippen LogP contribution in [-0.4, -0.2) is 34.7 Å². The van der Waals surface area contributed by atoms with Gasteiger partial charge in [-0.05, 0) is 84.5 Å². The molecule has 1 aliphatic rings. The minimum Gasteiger partial charge on any atom is -0.424 e. The largest absolute Gasteiger partial charge is 0.424 e. The summed E-state index contributed by atoms with van der Waals surface area (Å²) < 4.78 is 6.24. The number of carbonyl (C=O) groups is 1. The molecule has 4 atom stereocenters. The number of nitriles is 1. The van der Waals surface area contributed by atoms with Gasteiger partial charge in [-0.2, -0.15) is 5.26 Å². The Morgan fingerprint density at radius 1 is 1.09 bits per heavy atom. The molecule has 1 heterocycles. The van der Waals surface area contributed by atoms with Gasteiger partial charge in [-0.25, -0.2) is 0 Å². The lowest BCUT2D eigenvalue weighted by molar-refractivity contribution is 0.1000. The van der Waals surface area contributed by atoms with Gasteiger partial charge in [-0.3, -0.25) is 4.79 Å². The number of aryl methyl sites for hydroxylation is 3. The number of amides is 1. The van der Waals surface area contributed by atoms with E-state index >= 15 is 0 Å². The first kappa shape index (κ1) is 31.5. The summed E-state index contributed by atoms with van der Waals surface area (Å²) in [5.41, 5.74) is 17.6.